The number of halogens is 2. The van der Waals surface area contributed by atoms with E-state index in [0.717, 1.165) is 37.8 Å². The maximum absolute atomic E-state index is 12.7. The Morgan fingerprint density at radius 1 is 0.903 bits per heavy atom. The van der Waals surface area contributed by atoms with Gasteiger partial charge in [0.2, 0.25) is 0 Å². The normalized spacial score (nSPS) is 15.0. The molecule has 0 N–H and O–H groups in total. The lowest BCUT2D eigenvalue weighted by Crippen LogP contribution is -2.27. The van der Waals surface area contributed by atoms with E-state index in [1.165, 1.54) is 4.90 Å². The number of amides is 2. The zero-order valence-corrected chi connectivity index (χ0v) is 20.0. The summed E-state index contributed by atoms with van der Waals surface area (Å²) in [5.41, 5.74) is 2.78. The topological polar surface area (TPSA) is 46.6 Å². The molecule has 1 saturated heterocycles. The zero-order valence-electron chi connectivity index (χ0n) is 16.3. The SMILES string of the molecule is O=C1S/C(=C/c2ccc(OCc3ccc(Cl)cc3)cc2)C(=O)N1Cc1ccc(I)cc1. The zero-order chi connectivity index (χ0) is 21.8. The van der Waals surface area contributed by atoms with Gasteiger partial charge in [-0.2, -0.15) is 0 Å². The summed E-state index contributed by atoms with van der Waals surface area (Å²) in [4.78, 5) is 26.8. The fourth-order valence-corrected chi connectivity index (χ4v) is 4.29. The number of carbonyl (C=O) groups excluding carboxylic acids is 2. The van der Waals surface area contributed by atoms with Gasteiger partial charge in [-0.05, 0) is 93.5 Å². The first-order chi connectivity index (χ1) is 15.0. The molecular weight excluding hydrogens is 545 g/mol. The monoisotopic (exact) mass is 561 g/mol. The average Bonchev–Trinajstić information content (AvgIpc) is 3.03. The van der Waals surface area contributed by atoms with E-state index in [4.69, 9.17) is 16.3 Å². The van der Waals surface area contributed by atoms with Crippen LogP contribution in [0.2, 0.25) is 5.02 Å². The lowest BCUT2D eigenvalue weighted by atomic mass is 10.2. The molecule has 0 aromatic heterocycles. The van der Waals surface area contributed by atoms with Gasteiger partial charge >= 0.3 is 0 Å². The molecule has 31 heavy (non-hydrogen) atoms. The van der Waals surface area contributed by atoms with Gasteiger partial charge in [0.25, 0.3) is 11.1 Å². The van der Waals surface area contributed by atoms with Gasteiger partial charge in [0.15, 0.2) is 0 Å². The van der Waals surface area contributed by atoms with Crippen molar-refractivity contribution in [3.8, 4) is 5.75 Å². The van der Waals surface area contributed by atoms with Gasteiger partial charge in [-0.1, -0.05) is 48.0 Å². The third-order valence-corrected chi connectivity index (χ3v) is 6.50. The van der Waals surface area contributed by atoms with Crippen LogP contribution in [0.5, 0.6) is 5.75 Å². The van der Waals surface area contributed by atoms with Gasteiger partial charge in [0.1, 0.15) is 12.4 Å². The molecular formula is C24H17ClINO3S. The van der Waals surface area contributed by atoms with E-state index in [2.05, 4.69) is 22.6 Å². The number of ether oxygens (including phenoxy) is 1. The second-order valence-electron chi connectivity index (χ2n) is 6.88. The Balaban J connectivity index is 1.39. The highest BCUT2D eigenvalue weighted by Crippen LogP contribution is 2.33. The van der Waals surface area contributed by atoms with E-state index in [1.54, 1.807) is 6.08 Å². The number of benzene rings is 3. The summed E-state index contributed by atoms with van der Waals surface area (Å²) in [6.45, 7) is 0.713. The highest BCUT2D eigenvalue weighted by atomic mass is 127. The molecule has 1 heterocycles. The molecule has 0 spiro atoms. The van der Waals surface area contributed by atoms with Crippen LogP contribution in [0.1, 0.15) is 16.7 Å². The van der Waals surface area contributed by atoms with Crippen molar-refractivity contribution in [2.75, 3.05) is 0 Å². The Kier molecular flexibility index (Phi) is 6.99. The van der Waals surface area contributed by atoms with Crippen molar-refractivity contribution in [2.45, 2.75) is 13.2 Å². The molecule has 0 saturated carbocycles. The quantitative estimate of drug-likeness (QED) is 0.246. The van der Waals surface area contributed by atoms with E-state index in [0.29, 0.717) is 16.5 Å². The number of hydrogen-bond acceptors (Lipinski definition) is 4. The van der Waals surface area contributed by atoms with Crippen molar-refractivity contribution in [1.82, 2.24) is 4.90 Å². The van der Waals surface area contributed by atoms with Crippen LogP contribution >= 0.6 is 46.0 Å². The summed E-state index contributed by atoms with van der Waals surface area (Å²) < 4.78 is 6.90. The molecule has 1 aliphatic rings. The summed E-state index contributed by atoms with van der Waals surface area (Å²) in [5, 5.41) is 0.439. The van der Waals surface area contributed by atoms with Gasteiger partial charge in [0.05, 0.1) is 11.4 Å². The largest absolute Gasteiger partial charge is 0.489 e. The summed E-state index contributed by atoms with van der Waals surface area (Å²) in [7, 11) is 0. The lowest BCUT2D eigenvalue weighted by molar-refractivity contribution is -0.123. The minimum atomic E-state index is -0.267. The van der Waals surface area contributed by atoms with Crippen LogP contribution in [0.25, 0.3) is 6.08 Å². The van der Waals surface area contributed by atoms with E-state index < -0.39 is 0 Å². The van der Waals surface area contributed by atoms with Crippen LogP contribution in [-0.2, 0) is 17.9 Å². The predicted octanol–water partition coefficient (Wildman–Crippen LogP) is 6.76. The van der Waals surface area contributed by atoms with Crippen molar-refractivity contribution >= 4 is 63.2 Å². The molecule has 3 aromatic carbocycles. The summed E-state index contributed by atoms with van der Waals surface area (Å²) in [6, 6.07) is 22.7. The highest BCUT2D eigenvalue weighted by molar-refractivity contribution is 14.1. The molecule has 1 fully saturated rings. The Morgan fingerprint density at radius 2 is 1.55 bits per heavy atom. The second kappa shape index (κ2) is 9.89. The van der Waals surface area contributed by atoms with Crippen molar-refractivity contribution in [1.29, 1.82) is 0 Å². The molecule has 2 amide bonds. The molecule has 4 rings (SSSR count). The van der Waals surface area contributed by atoms with Gasteiger partial charge in [-0.15, -0.1) is 0 Å². The fourth-order valence-electron chi connectivity index (χ4n) is 2.97. The second-order valence-corrected chi connectivity index (χ2v) is 9.55. The molecule has 0 unspecified atom stereocenters. The van der Waals surface area contributed by atoms with Crippen LogP contribution in [0, 0.1) is 3.57 Å². The smallest absolute Gasteiger partial charge is 0.293 e. The number of thioether (sulfide) groups is 1. The number of nitrogens with zero attached hydrogens (tertiary/aromatic N) is 1. The van der Waals surface area contributed by atoms with E-state index in [1.807, 2.05) is 72.8 Å². The van der Waals surface area contributed by atoms with Gasteiger partial charge < -0.3 is 4.74 Å². The van der Waals surface area contributed by atoms with Gasteiger partial charge in [-0.3, -0.25) is 14.5 Å². The molecule has 4 nitrogen and oxygen atoms in total. The van der Waals surface area contributed by atoms with Crippen LogP contribution in [-0.4, -0.2) is 16.0 Å². The summed E-state index contributed by atoms with van der Waals surface area (Å²) >= 11 is 9.08. The Hall–Kier alpha value is -2.29. The van der Waals surface area contributed by atoms with Crippen LogP contribution in [0.15, 0.2) is 77.7 Å². The molecule has 156 valence electrons. The number of rotatable bonds is 6. The van der Waals surface area contributed by atoms with Crippen molar-refractivity contribution in [3.63, 3.8) is 0 Å². The molecule has 0 atom stereocenters. The molecule has 0 bridgehead atoms. The first-order valence-corrected chi connectivity index (χ1v) is 11.7. The first kappa shape index (κ1) is 21.9. The van der Waals surface area contributed by atoms with Crippen LogP contribution < -0.4 is 4.74 Å². The standard InChI is InChI=1S/C24H17ClINO3S/c25-19-7-1-18(2-8-19)15-30-21-11-5-16(6-12-21)13-22-23(28)27(24(29)31-22)14-17-3-9-20(26)10-4-17/h1-13H,14-15H2/b22-13+. The molecule has 7 heteroatoms. The lowest BCUT2D eigenvalue weighted by Gasteiger charge is -2.12. The molecule has 0 radical (unpaired) electrons. The van der Waals surface area contributed by atoms with E-state index >= 15 is 0 Å². The Labute approximate surface area is 203 Å². The number of carbonyl (C=O) groups is 2. The third-order valence-electron chi connectivity index (χ3n) is 4.62. The van der Waals surface area contributed by atoms with Crippen molar-refractivity contribution in [2.24, 2.45) is 0 Å². The van der Waals surface area contributed by atoms with E-state index in [9.17, 15) is 9.59 Å². The number of imide groups is 1. The van der Waals surface area contributed by atoms with Crippen LogP contribution in [0.4, 0.5) is 4.79 Å². The Bertz CT molecular complexity index is 1130. The summed E-state index contributed by atoms with van der Waals surface area (Å²) in [5.74, 6) is 0.454. The molecule has 0 aliphatic carbocycles. The Morgan fingerprint density at radius 3 is 2.23 bits per heavy atom. The first-order valence-electron chi connectivity index (χ1n) is 9.45. The molecule has 1 aliphatic heterocycles. The minimum absolute atomic E-state index is 0.252. The maximum Gasteiger partial charge on any atom is 0.293 e. The van der Waals surface area contributed by atoms with E-state index in [-0.39, 0.29) is 17.7 Å². The van der Waals surface area contributed by atoms with Crippen LogP contribution in [0.3, 0.4) is 0 Å². The summed E-state index contributed by atoms with van der Waals surface area (Å²) in [6.07, 6.45) is 1.74. The van der Waals surface area contributed by atoms with Gasteiger partial charge in [-0.25, -0.2) is 0 Å². The highest BCUT2D eigenvalue weighted by Gasteiger charge is 2.34. The average molecular weight is 562 g/mol. The predicted molar refractivity (Wildman–Crippen MR) is 133 cm³/mol. The van der Waals surface area contributed by atoms with Crippen molar-refractivity contribution in [3.05, 3.63) is 103 Å². The fraction of sp³-hybridized carbons (Fsp3) is 0.0833. The number of hydrogen-bond donors (Lipinski definition) is 0. The third kappa shape index (κ3) is 5.70. The molecule has 3 aromatic rings. The maximum atomic E-state index is 12.7. The van der Waals surface area contributed by atoms with Crippen molar-refractivity contribution < 1.29 is 14.3 Å². The minimum Gasteiger partial charge on any atom is -0.489 e. The van der Waals surface area contributed by atoms with Gasteiger partial charge in [0, 0.05) is 8.59 Å².